The van der Waals surface area contributed by atoms with Crippen molar-refractivity contribution < 1.29 is 0 Å². The number of nitrogens with one attached hydrogen (secondary N) is 2. The third kappa shape index (κ3) is 3.93. The van der Waals surface area contributed by atoms with Gasteiger partial charge in [-0.15, -0.1) is 11.8 Å². The molecule has 1 saturated heterocycles. The summed E-state index contributed by atoms with van der Waals surface area (Å²) in [5, 5.41) is 7.17. The Balaban J connectivity index is 2.00. The van der Waals surface area contributed by atoms with Crippen molar-refractivity contribution in [1.29, 1.82) is 0 Å². The lowest BCUT2D eigenvalue weighted by atomic mass is 10.1. The van der Waals surface area contributed by atoms with Gasteiger partial charge in [0.05, 0.1) is 0 Å². The fraction of sp³-hybridized carbons (Fsp3) is 0.571. The molecule has 1 heterocycles. The van der Waals surface area contributed by atoms with Gasteiger partial charge in [-0.3, -0.25) is 0 Å². The molecule has 2 rings (SSSR count). The fourth-order valence-corrected chi connectivity index (χ4v) is 3.02. The van der Waals surface area contributed by atoms with E-state index in [4.69, 9.17) is 0 Å². The quantitative estimate of drug-likeness (QED) is 0.801. The summed E-state index contributed by atoms with van der Waals surface area (Å²) in [6.45, 7) is 4.52. The molecule has 1 aromatic rings. The molecule has 17 heavy (non-hydrogen) atoms. The molecule has 1 aromatic carbocycles. The summed E-state index contributed by atoms with van der Waals surface area (Å²) in [6, 6.07) is 9.29. The fourth-order valence-electron chi connectivity index (χ4n) is 2.25. The zero-order chi connectivity index (χ0) is 11.9. The summed E-state index contributed by atoms with van der Waals surface area (Å²) >= 11 is 1.92. The maximum atomic E-state index is 3.71. The summed E-state index contributed by atoms with van der Waals surface area (Å²) < 4.78 is 0. The first-order valence-electron chi connectivity index (χ1n) is 6.59. The Hall–Kier alpha value is -0.670. The summed E-state index contributed by atoms with van der Waals surface area (Å²) in [5.41, 5.74) is 1.31. The minimum absolute atomic E-state index is 0.628. The second-order valence-electron chi connectivity index (χ2n) is 4.45. The van der Waals surface area contributed by atoms with E-state index in [1.165, 1.54) is 36.4 Å². The molecule has 1 unspecified atom stereocenters. The van der Waals surface area contributed by atoms with Gasteiger partial charge in [0.1, 0.15) is 0 Å². The van der Waals surface area contributed by atoms with E-state index in [1.54, 1.807) is 0 Å². The van der Waals surface area contributed by atoms with Crippen LogP contribution in [0.1, 0.15) is 26.2 Å². The van der Waals surface area contributed by atoms with Crippen LogP contribution in [0.2, 0.25) is 0 Å². The van der Waals surface area contributed by atoms with Gasteiger partial charge in [0, 0.05) is 16.6 Å². The lowest BCUT2D eigenvalue weighted by Gasteiger charge is -2.19. The Morgan fingerprint density at radius 3 is 3.06 bits per heavy atom. The van der Waals surface area contributed by atoms with Gasteiger partial charge in [0.25, 0.3) is 0 Å². The Morgan fingerprint density at radius 1 is 1.29 bits per heavy atom. The molecule has 2 N–H and O–H groups in total. The molecule has 2 nitrogen and oxygen atoms in total. The number of thioether (sulfide) groups is 1. The van der Waals surface area contributed by atoms with E-state index in [0.29, 0.717) is 6.04 Å². The third-order valence-electron chi connectivity index (χ3n) is 3.12. The summed E-state index contributed by atoms with van der Waals surface area (Å²) in [5.74, 6) is 1.13. The SMILES string of the molecule is CCSc1ccccc1NC1CCCNCC1. The monoisotopic (exact) mass is 250 g/mol. The van der Waals surface area contributed by atoms with Gasteiger partial charge in [-0.25, -0.2) is 0 Å². The number of hydrogen-bond acceptors (Lipinski definition) is 3. The molecule has 1 aliphatic heterocycles. The van der Waals surface area contributed by atoms with Crippen LogP contribution in [0.3, 0.4) is 0 Å². The van der Waals surface area contributed by atoms with E-state index in [2.05, 4.69) is 41.8 Å². The van der Waals surface area contributed by atoms with E-state index in [1.807, 2.05) is 11.8 Å². The topological polar surface area (TPSA) is 24.1 Å². The first-order chi connectivity index (χ1) is 8.40. The van der Waals surface area contributed by atoms with Crippen LogP contribution < -0.4 is 10.6 Å². The zero-order valence-corrected chi connectivity index (χ0v) is 11.4. The smallest absolute Gasteiger partial charge is 0.0480 e. The lowest BCUT2D eigenvalue weighted by Crippen LogP contribution is -2.21. The minimum Gasteiger partial charge on any atom is -0.381 e. The molecule has 0 bridgehead atoms. The van der Waals surface area contributed by atoms with Crippen molar-refractivity contribution in [2.45, 2.75) is 37.1 Å². The number of anilines is 1. The van der Waals surface area contributed by atoms with E-state index in [-0.39, 0.29) is 0 Å². The molecule has 0 radical (unpaired) electrons. The first-order valence-corrected chi connectivity index (χ1v) is 7.58. The third-order valence-corrected chi connectivity index (χ3v) is 4.08. The lowest BCUT2D eigenvalue weighted by molar-refractivity contribution is 0.636. The average Bonchev–Trinajstić information content (AvgIpc) is 2.61. The molecule has 1 atom stereocenters. The van der Waals surface area contributed by atoms with E-state index in [9.17, 15) is 0 Å². The van der Waals surface area contributed by atoms with Crippen LogP contribution in [0.15, 0.2) is 29.2 Å². The van der Waals surface area contributed by atoms with E-state index >= 15 is 0 Å². The Bertz CT molecular complexity index is 333. The molecule has 1 fully saturated rings. The molecule has 94 valence electrons. The van der Waals surface area contributed by atoms with Crippen molar-refractivity contribution in [3.8, 4) is 0 Å². The number of para-hydroxylation sites is 1. The van der Waals surface area contributed by atoms with E-state index in [0.717, 1.165) is 12.3 Å². The van der Waals surface area contributed by atoms with Gasteiger partial charge in [0.15, 0.2) is 0 Å². The van der Waals surface area contributed by atoms with Crippen LogP contribution in [0.25, 0.3) is 0 Å². The highest BCUT2D eigenvalue weighted by molar-refractivity contribution is 7.99. The molecule has 0 saturated carbocycles. The predicted molar refractivity (Wildman–Crippen MR) is 77.0 cm³/mol. The molecule has 0 aromatic heterocycles. The van der Waals surface area contributed by atoms with Crippen molar-refractivity contribution in [1.82, 2.24) is 5.32 Å². The Morgan fingerprint density at radius 2 is 2.18 bits per heavy atom. The van der Waals surface area contributed by atoms with Crippen LogP contribution >= 0.6 is 11.8 Å². The van der Waals surface area contributed by atoms with Gasteiger partial charge < -0.3 is 10.6 Å². The van der Waals surface area contributed by atoms with Crippen molar-refractivity contribution in [3.05, 3.63) is 24.3 Å². The van der Waals surface area contributed by atoms with E-state index < -0.39 is 0 Å². The second kappa shape index (κ2) is 6.92. The minimum atomic E-state index is 0.628. The Labute approximate surface area is 109 Å². The number of benzene rings is 1. The Kier molecular flexibility index (Phi) is 5.20. The van der Waals surface area contributed by atoms with Crippen molar-refractivity contribution in [3.63, 3.8) is 0 Å². The molecule has 3 heteroatoms. The number of rotatable bonds is 4. The highest BCUT2D eigenvalue weighted by atomic mass is 32.2. The van der Waals surface area contributed by atoms with Gasteiger partial charge in [0.2, 0.25) is 0 Å². The van der Waals surface area contributed by atoms with Crippen LogP contribution in [0, 0.1) is 0 Å². The average molecular weight is 250 g/mol. The highest BCUT2D eigenvalue weighted by Crippen LogP contribution is 2.28. The summed E-state index contributed by atoms with van der Waals surface area (Å²) in [4.78, 5) is 1.38. The summed E-state index contributed by atoms with van der Waals surface area (Å²) in [6.07, 6.45) is 3.78. The van der Waals surface area contributed by atoms with Gasteiger partial charge in [-0.2, -0.15) is 0 Å². The van der Waals surface area contributed by atoms with Crippen LogP contribution in [0.5, 0.6) is 0 Å². The predicted octanol–water partition coefficient (Wildman–Crippen LogP) is 3.35. The molecular weight excluding hydrogens is 228 g/mol. The van der Waals surface area contributed by atoms with Gasteiger partial charge in [-0.05, 0) is 50.2 Å². The van der Waals surface area contributed by atoms with Crippen molar-refractivity contribution in [2.75, 3.05) is 24.2 Å². The first kappa shape index (κ1) is 12.8. The van der Waals surface area contributed by atoms with Gasteiger partial charge in [-0.1, -0.05) is 19.1 Å². The maximum absolute atomic E-state index is 3.71. The summed E-state index contributed by atoms with van der Waals surface area (Å²) in [7, 11) is 0. The molecule has 0 aliphatic carbocycles. The largest absolute Gasteiger partial charge is 0.381 e. The van der Waals surface area contributed by atoms with Crippen LogP contribution in [0.4, 0.5) is 5.69 Å². The highest BCUT2D eigenvalue weighted by Gasteiger charge is 2.12. The van der Waals surface area contributed by atoms with Crippen molar-refractivity contribution in [2.24, 2.45) is 0 Å². The van der Waals surface area contributed by atoms with Crippen molar-refractivity contribution >= 4 is 17.4 Å². The maximum Gasteiger partial charge on any atom is 0.0480 e. The normalized spacial score (nSPS) is 20.9. The zero-order valence-electron chi connectivity index (χ0n) is 10.5. The molecular formula is C14H22N2S. The second-order valence-corrected chi connectivity index (χ2v) is 5.76. The molecule has 1 aliphatic rings. The molecule has 0 amide bonds. The van der Waals surface area contributed by atoms with Gasteiger partial charge >= 0.3 is 0 Å². The number of hydrogen-bond donors (Lipinski definition) is 2. The van der Waals surface area contributed by atoms with Crippen LogP contribution in [-0.2, 0) is 0 Å². The standard InChI is InChI=1S/C14H22N2S/c1-2-17-14-8-4-3-7-13(14)16-12-6-5-10-15-11-9-12/h3-4,7-8,12,15-16H,2,5-6,9-11H2,1H3. The van der Waals surface area contributed by atoms with Crippen LogP contribution in [-0.4, -0.2) is 24.9 Å². The molecule has 0 spiro atoms.